The minimum Gasteiger partial charge on any atom is -0.317 e. The molecule has 0 aliphatic carbocycles. The van der Waals surface area contributed by atoms with Gasteiger partial charge in [-0.3, -0.25) is 0 Å². The zero-order chi connectivity index (χ0) is 16.5. The van der Waals surface area contributed by atoms with Gasteiger partial charge in [0.25, 0.3) is 0 Å². The molecule has 1 aliphatic rings. The molecule has 1 rings (SSSR count). The van der Waals surface area contributed by atoms with Gasteiger partial charge < -0.3 is 10.2 Å². The Balaban J connectivity index is 0. The van der Waals surface area contributed by atoms with Gasteiger partial charge in [-0.15, -0.1) is 0 Å². The predicted molar refractivity (Wildman–Crippen MR) is 99.1 cm³/mol. The van der Waals surface area contributed by atoms with Crippen LogP contribution in [0.4, 0.5) is 0 Å². The maximum Gasteiger partial charge on any atom is 0.0119 e. The van der Waals surface area contributed by atoms with Gasteiger partial charge in [0.1, 0.15) is 0 Å². The van der Waals surface area contributed by atoms with Crippen molar-refractivity contribution in [2.75, 3.05) is 26.2 Å². The van der Waals surface area contributed by atoms with Gasteiger partial charge in [0.2, 0.25) is 0 Å². The van der Waals surface area contributed by atoms with E-state index in [0.29, 0.717) is 0 Å². The standard InChI is InChI=1S/C12H26N2.C5H12.C2H6/c1-3-5-11-14(10-4-2)12-6-8-13-9-7-12;1-4-5(2)3;1-2/h12-13H,3-11H2,1-2H3;5H,4H2,1-3H3;1-2H3. The second-order valence-corrected chi connectivity index (χ2v) is 6.17. The molecule has 1 saturated heterocycles. The lowest BCUT2D eigenvalue weighted by molar-refractivity contribution is 0.160. The molecule has 1 heterocycles. The van der Waals surface area contributed by atoms with Gasteiger partial charge in [-0.2, -0.15) is 0 Å². The Hall–Kier alpha value is -0.0800. The molecule has 0 aromatic carbocycles. The fourth-order valence-corrected chi connectivity index (χ4v) is 2.30. The molecule has 0 aromatic heterocycles. The van der Waals surface area contributed by atoms with Crippen molar-refractivity contribution in [1.29, 1.82) is 0 Å². The molecule has 2 nitrogen and oxygen atoms in total. The first kappa shape index (κ1) is 23.2. The zero-order valence-corrected chi connectivity index (χ0v) is 16.2. The lowest BCUT2D eigenvalue weighted by atomic mass is 10.0. The quantitative estimate of drug-likeness (QED) is 0.683. The van der Waals surface area contributed by atoms with E-state index in [9.17, 15) is 0 Å². The number of piperidine rings is 1. The normalized spacial score (nSPS) is 15.3. The Bertz CT molecular complexity index is 174. The summed E-state index contributed by atoms with van der Waals surface area (Å²) in [5, 5.41) is 3.44. The molecule has 1 fully saturated rings. The second kappa shape index (κ2) is 18.0. The molecule has 0 unspecified atom stereocenters. The molecule has 0 atom stereocenters. The van der Waals surface area contributed by atoms with Crippen LogP contribution >= 0.6 is 0 Å². The summed E-state index contributed by atoms with van der Waals surface area (Å²) in [6, 6.07) is 0.864. The summed E-state index contributed by atoms with van der Waals surface area (Å²) >= 11 is 0. The molecule has 0 saturated carbocycles. The van der Waals surface area contributed by atoms with E-state index in [1.165, 1.54) is 64.7 Å². The average Bonchev–Trinajstić information content (AvgIpc) is 2.54. The molecule has 21 heavy (non-hydrogen) atoms. The number of nitrogens with one attached hydrogen (secondary N) is 1. The molecular weight excluding hydrogens is 256 g/mol. The van der Waals surface area contributed by atoms with Crippen LogP contribution in [0.25, 0.3) is 0 Å². The van der Waals surface area contributed by atoms with E-state index in [1.54, 1.807) is 0 Å². The van der Waals surface area contributed by atoms with Crippen LogP contribution in [0.1, 0.15) is 87.0 Å². The van der Waals surface area contributed by atoms with Gasteiger partial charge in [0.05, 0.1) is 0 Å². The Morgan fingerprint density at radius 1 is 0.952 bits per heavy atom. The molecule has 1 aliphatic heterocycles. The van der Waals surface area contributed by atoms with Crippen LogP contribution in [-0.2, 0) is 0 Å². The number of rotatable bonds is 7. The molecule has 0 aromatic rings. The molecule has 2 heteroatoms. The topological polar surface area (TPSA) is 15.3 Å². The fraction of sp³-hybridized carbons (Fsp3) is 1.00. The first-order chi connectivity index (χ1) is 10.2. The largest absolute Gasteiger partial charge is 0.317 e. The monoisotopic (exact) mass is 300 g/mol. The van der Waals surface area contributed by atoms with Gasteiger partial charge in [0.15, 0.2) is 0 Å². The maximum atomic E-state index is 3.44. The third kappa shape index (κ3) is 14.6. The highest BCUT2D eigenvalue weighted by molar-refractivity contribution is 4.77. The fourth-order valence-electron chi connectivity index (χ4n) is 2.30. The summed E-state index contributed by atoms with van der Waals surface area (Å²) in [5.41, 5.74) is 0. The van der Waals surface area contributed by atoms with Crippen LogP contribution in [0.3, 0.4) is 0 Å². The van der Waals surface area contributed by atoms with Crippen molar-refractivity contribution in [3.63, 3.8) is 0 Å². The van der Waals surface area contributed by atoms with E-state index in [4.69, 9.17) is 0 Å². The average molecular weight is 301 g/mol. The molecule has 0 amide bonds. The highest BCUT2D eigenvalue weighted by Crippen LogP contribution is 2.13. The molecule has 0 spiro atoms. The number of hydrogen-bond donors (Lipinski definition) is 1. The van der Waals surface area contributed by atoms with Crippen molar-refractivity contribution in [1.82, 2.24) is 10.2 Å². The van der Waals surface area contributed by atoms with Crippen molar-refractivity contribution in [3.8, 4) is 0 Å². The first-order valence-electron chi connectivity index (χ1n) is 9.60. The molecule has 1 N–H and O–H groups in total. The summed E-state index contributed by atoms with van der Waals surface area (Å²) in [6.45, 7) is 20.3. The second-order valence-electron chi connectivity index (χ2n) is 6.17. The predicted octanol–water partition coefficient (Wildman–Crippen LogP) is 5.33. The van der Waals surface area contributed by atoms with E-state index >= 15 is 0 Å². The van der Waals surface area contributed by atoms with Crippen molar-refractivity contribution in [3.05, 3.63) is 0 Å². The number of hydrogen-bond acceptors (Lipinski definition) is 2. The smallest absolute Gasteiger partial charge is 0.0119 e. The van der Waals surface area contributed by atoms with Gasteiger partial charge >= 0.3 is 0 Å². The van der Waals surface area contributed by atoms with E-state index in [2.05, 4.69) is 44.8 Å². The van der Waals surface area contributed by atoms with Gasteiger partial charge in [0, 0.05) is 6.04 Å². The molecule has 130 valence electrons. The summed E-state index contributed by atoms with van der Waals surface area (Å²) in [4.78, 5) is 2.71. The van der Waals surface area contributed by atoms with Crippen molar-refractivity contribution < 1.29 is 0 Å². The van der Waals surface area contributed by atoms with E-state index in [1.807, 2.05) is 13.8 Å². The summed E-state index contributed by atoms with van der Waals surface area (Å²) in [6.07, 6.45) is 8.00. The van der Waals surface area contributed by atoms with Crippen LogP contribution in [0, 0.1) is 5.92 Å². The third-order valence-corrected chi connectivity index (χ3v) is 3.95. The van der Waals surface area contributed by atoms with Crippen LogP contribution in [0.15, 0.2) is 0 Å². The molecule has 0 bridgehead atoms. The lowest BCUT2D eigenvalue weighted by Gasteiger charge is -2.34. The van der Waals surface area contributed by atoms with E-state index < -0.39 is 0 Å². The minimum absolute atomic E-state index is 0.864. The Kier molecular flexibility index (Phi) is 19.8. The molecule has 0 radical (unpaired) electrons. The van der Waals surface area contributed by atoms with Gasteiger partial charge in [-0.05, 0) is 57.8 Å². The number of unbranched alkanes of at least 4 members (excludes halogenated alkanes) is 1. The van der Waals surface area contributed by atoms with Crippen LogP contribution in [0.2, 0.25) is 0 Å². The van der Waals surface area contributed by atoms with Gasteiger partial charge in [-0.1, -0.05) is 61.3 Å². The Morgan fingerprint density at radius 3 is 1.86 bits per heavy atom. The summed E-state index contributed by atoms with van der Waals surface area (Å²) < 4.78 is 0. The van der Waals surface area contributed by atoms with Crippen LogP contribution in [0.5, 0.6) is 0 Å². The minimum atomic E-state index is 0.864. The molecular formula is C19H44N2. The van der Waals surface area contributed by atoms with Crippen LogP contribution < -0.4 is 5.32 Å². The maximum absolute atomic E-state index is 3.44. The SMILES string of the molecule is CC.CCC(C)C.CCCCN(CCC)C1CCNCC1. The van der Waals surface area contributed by atoms with Crippen molar-refractivity contribution in [2.45, 2.75) is 93.0 Å². The highest BCUT2D eigenvalue weighted by atomic mass is 15.2. The zero-order valence-electron chi connectivity index (χ0n) is 16.2. The Labute approximate surface area is 136 Å². The Morgan fingerprint density at radius 2 is 1.48 bits per heavy atom. The van der Waals surface area contributed by atoms with E-state index in [-0.39, 0.29) is 0 Å². The highest BCUT2D eigenvalue weighted by Gasteiger charge is 2.19. The summed E-state index contributed by atoms with van der Waals surface area (Å²) in [7, 11) is 0. The first-order valence-corrected chi connectivity index (χ1v) is 9.60. The third-order valence-electron chi connectivity index (χ3n) is 3.95. The van der Waals surface area contributed by atoms with E-state index in [0.717, 1.165) is 12.0 Å². The van der Waals surface area contributed by atoms with Crippen molar-refractivity contribution >= 4 is 0 Å². The number of nitrogens with zero attached hydrogens (tertiary/aromatic N) is 1. The summed E-state index contributed by atoms with van der Waals surface area (Å²) in [5.74, 6) is 0.884. The van der Waals surface area contributed by atoms with Crippen LogP contribution in [-0.4, -0.2) is 37.1 Å². The van der Waals surface area contributed by atoms with Gasteiger partial charge in [-0.25, -0.2) is 0 Å². The lowest BCUT2D eigenvalue weighted by Crippen LogP contribution is -2.43. The van der Waals surface area contributed by atoms with Crippen molar-refractivity contribution in [2.24, 2.45) is 5.92 Å².